The summed E-state index contributed by atoms with van der Waals surface area (Å²) in [6, 6.07) is 4.60. The van der Waals surface area contributed by atoms with Gasteiger partial charge < -0.3 is 14.8 Å². The van der Waals surface area contributed by atoms with Crippen LogP contribution < -0.4 is 10.6 Å². The number of rotatable bonds is 5. The monoisotopic (exact) mass is 324 g/mol. The van der Waals surface area contributed by atoms with Crippen molar-refractivity contribution in [2.45, 2.75) is 58.3 Å². The lowest BCUT2D eigenvalue weighted by molar-refractivity contribution is 0.00293. The molecule has 0 aromatic heterocycles. The quantitative estimate of drug-likeness (QED) is 0.854. The number of nitrogens with one attached hydrogen (secondary N) is 2. The molecule has 1 saturated carbocycles. The van der Waals surface area contributed by atoms with Gasteiger partial charge in [-0.1, -0.05) is 0 Å². The van der Waals surface area contributed by atoms with Gasteiger partial charge in [-0.2, -0.15) is 0 Å². The van der Waals surface area contributed by atoms with Crippen molar-refractivity contribution in [3.05, 3.63) is 24.0 Å². The van der Waals surface area contributed by atoms with Gasteiger partial charge in [0.15, 0.2) is 0 Å². The van der Waals surface area contributed by atoms with Crippen LogP contribution in [0.1, 0.15) is 40.5 Å². The summed E-state index contributed by atoms with van der Waals surface area (Å²) < 4.78 is 24.6. The average molecular weight is 324 g/mol. The lowest BCUT2D eigenvalue weighted by Gasteiger charge is -2.36. The Morgan fingerprint density at radius 2 is 2.04 bits per heavy atom. The van der Waals surface area contributed by atoms with Crippen LogP contribution in [0.4, 0.5) is 20.6 Å². The number of carbonyl (C=O) groups excluding carboxylic acids is 1. The minimum Gasteiger partial charge on any atom is -0.444 e. The summed E-state index contributed by atoms with van der Waals surface area (Å²) in [5.41, 5.74) is 0.285. The highest BCUT2D eigenvalue weighted by Gasteiger charge is 2.30. The standard InChI is InChI=1S/C17H25FN2O3/c1-5-22-13-8-12(9-13)19-15-10-11(6-7-14(15)18)20-16(21)23-17(2,3)4/h6-7,10,12-13,19H,5,8-9H2,1-4H3,(H,20,21). The normalized spacial score (nSPS) is 20.6. The molecule has 128 valence electrons. The molecular weight excluding hydrogens is 299 g/mol. The summed E-state index contributed by atoms with van der Waals surface area (Å²) in [4.78, 5) is 11.8. The van der Waals surface area contributed by atoms with Crippen molar-refractivity contribution in [2.75, 3.05) is 17.2 Å². The number of anilines is 2. The highest BCUT2D eigenvalue weighted by molar-refractivity contribution is 5.85. The van der Waals surface area contributed by atoms with Crippen LogP contribution >= 0.6 is 0 Å². The number of halogens is 1. The fraction of sp³-hybridized carbons (Fsp3) is 0.588. The van der Waals surface area contributed by atoms with Crippen LogP contribution in [0.25, 0.3) is 0 Å². The van der Waals surface area contributed by atoms with Gasteiger partial charge in [0.25, 0.3) is 0 Å². The highest BCUT2D eigenvalue weighted by Crippen LogP contribution is 2.29. The Labute approximate surface area is 136 Å². The number of hydrogen-bond acceptors (Lipinski definition) is 4. The lowest BCUT2D eigenvalue weighted by Crippen LogP contribution is -2.41. The first-order valence-electron chi connectivity index (χ1n) is 7.94. The van der Waals surface area contributed by atoms with Crippen molar-refractivity contribution in [2.24, 2.45) is 0 Å². The molecule has 0 bridgehead atoms. The van der Waals surface area contributed by atoms with Gasteiger partial charge in [0.2, 0.25) is 0 Å². The average Bonchev–Trinajstić information content (AvgIpc) is 2.37. The van der Waals surface area contributed by atoms with E-state index in [9.17, 15) is 9.18 Å². The zero-order valence-corrected chi connectivity index (χ0v) is 14.1. The predicted octanol–water partition coefficient (Wildman–Crippen LogP) is 4.15. The van der Waals surface area contributed by atoms with Gasteiger partial charge in [-0.3, -0.25) is 5.32 Å². The van der Waals surface area contributed by atoms with Crippen molar-refractivity contribution in [3.63, 3.8) is 0 Å². The fourth-order valence-corrected chi connectivity index (χ4v) is 2.41. The summed E-state index contributed by atoms with van der Waals surface area (Å²) >= 11 is 0. The van der Waals surface area contributed by atoms with E-state index < -0.39 is 11.7 Å². The van der Waals surface area contributed by atoms with E-state index in [1.54, 1.807) is 26.8 Å². The molecule has 0 saturated heterocycles. The van der Waals surface area contributed by atoms with E-state index in [-0.39, 0.29) is 18.0 Å². The van der Waals surface area contributed by atoms with E-state index in [1.807, 2.05) is 6.92 Å². The Morgan fingerprint density at radius 3 is 2.65 bits per heavy atom. The lowest BCUT2D eigenvalue weighted by atomic mass is 9.89. The van der Waals surface area contributed by atoms with Gasteiger partial charge >= 0.3 is 6.09 Å². The van der Waals surface area contributed by atoms with Crippen LogP contribution in [0.2, 0.25) is 0 Å². The molecule has 0 radical (unpaired) electrons. The molecule has 2 N–H and O–H groups in total. The Morgan fingerprint density at radius 1 is 1.35 bits per heavy atom. The molecule has 0 atom stereocenters. The second kappa shape index (κ2) is 7.17. The first-order chi connectivity index (χ1) is 10.8. The van der Waals surface area contributed by atoms with Crippen LogP contribution in [0.15, 0.2) is 18.2 Å². The first-order valence-corrected chi connectivity index (χ1v) is 7.94. The zero-order chi connectivity index (χ0) is 17.0. The van der Waals surface area contributed by atoms with Crippen molar-refractivity contribution < 1.29 is 18.7 Å². The molecule has 2 rings (SSSR count). The molecule has 0 unspecified atom stereocenters. The van der Waals surface area contributed by atoms with Crippen LogP contribution in [-0.4, -0.2) is 30.4 Å². The topological polar surface area (TPSA) is 59.6 Å². The Kier molecular flexibility index (Phi) is 5.46. The molecule has 1 fully saturated rings. The minimum absolute atomic E-state index is 0.192. The smallest absolute Gasteiger partial charge is 0.412 e. The Bertz CT molecular complexity index is 551. The molecule has 6 heteroatoms. The number of amides is 1. The van der Waals surface area contributed by atoms with E-state index in [2.05, 4.69) is 10.6 Å². The summed E-state index contributed by atoms with van der Waals surface area (Å²) in [5, 5.41) is 5.76. The van der Waals surface area contributed by atoms with Gasteiger partial charge in [-0.25, -0.2) is 9.18 Å². The van der Waals surface area contributed by atoms with E-state index >= 15 is 0 Å². The van der Waals surface area contributed by atoms with E-state index in [1.165, 1.54) is 12.1 Å². The van der Waals surface area contributed by atoms with Crippen LogP contribution in [0, 0.1) is 5.82 Å². The van der Waals surface area contributed by atoms with E-state index in [0.717, 1.165) is 12.8 Å². The largest absolute Gasteiger partial charge is 0.444 e. The molecule has 1 aliphatic rings. The molecule has 1 amide bonds. The maximum Gasteiger partial charge on any atom is 0.412 e. The predicted molar refractivity (Wildman–Crippen MR) is 88.3 cm³/mol. The number of hydrogen-bond donors (Lipinski definition) is 2. The van der Waals surface area contributed by atoms with Gasteiger partial charge in [-0.15, -0.1) is 0 Å². The van der Waals surface area contributed by atoms with Gasteiger partial charge in [0.05, 0.1) is 11.8 Å². The van der Waals surface area contributed by atoms with E-state index in [0.29, 0.717) is 18.0 Å². The van der Waals surface area contributed by atoms with Gasteiger partial charge in [-0.05, 0) is 58.7 Å². The van der Waals surface area contributed by atoms with Crippen LogP contribution in [0.3, 0.4) is 0 Å². The number of ether oxygens (including phenoxy) is 2. The third kappa shape index (κ3) is 5.39. The molecule has 0 spiro atoms. The first kappa shape index (κ1) is 17.5. The molecule has 0 heterocycles. The van der Waals surface area contributed by atoms with Gasteiger partial charge in [0, 0.05) is 18.3 Å². The van der Waals surface area contributed by atoms with Crippen molar-refractivity contribution in [1.29, 1.82) is 0 Å². The minimum atomic E-state index is -0.578. The second-order valence-electron chi connectivity index (χ2n) is 6.71. The summed E-state index contributed by atoms with van der Waals surface area (Å²) in [7, 11) is 0. The van der Waals surface area contributed by atoms with E-state index in [4.69, 9.17) is 9.47 Å². The number of benzene rings is 1. The maximum atomic E-state index is 13.9. The molecule has 1 aliphatic carbocycles. The molecule has 0 aliphatic heterocycles. The molecule has 1 aromatic carbocycles. The Balaban J connectivity index is 1.93. The Hall–Kier alpha value is -1.82. The summed E-state index contributed by atoms with van der Waals surface area (Å²) in [5.74, 6) is -0.348. The number of carbonyl (C=O) groups is 1. The third-order valence-electron chi connectivity index (χ3n) is 3.47. The third-order valence-corrected chi connectivity index (χ3v) is 3.47. The van der Waals surface area contributed by atoms with Gasteiger partial charge in [0.1, 0.15) is 11.4 Å². The molecule has 23 heavy (non-hydrogen) atoms. The second-order valence-corrected chi connectivity index (χ2v) is 6.71. The van der Waals surface area contributed by atoms with Crippen molar-refractivity contribution in [1.82, 2.24) is 0 Å². The molecule has 5 nitrogen and oxygen atoms in total. The van der Waals surface area contributed by atoms with Crippen LogP contribution in [-0.2, 0) is 9.47 Å². The zero-order valence-electron chi connectivity index (χ0n) is 14.1. The summed E-state index contributed by atoms with van der Waals surface area (Å²) in [6.07, 6.45) is 1.41. The molecule has 1 aromatic rings. The molecular formula is C17H25FN2O3. The SMILES string of the molecule is CCOC1CC(Nc2cc(NC(=O)OC(C)(C)C)ccc2F)C1. The highest BCUT2D eigenvalue weighted by atomic mass is 19.1. The van der Waals surface area contributed by atoms with Crippen LogP contribution in [0.5, 0.6) is 0 Å². The van der Waals surface area contributed by atoms with Crippen molar-refractivity contribution in [3.8, 4) is 0 Å². The summed E-state index contributed by atoms with van der Waals surface area (Å²) in [6.45, 7) is 8.02. The van der Waals surface area contributed by atoms with Crippen molar-refractivity contribution >= 4 is 17.5 Å². The maximum absolute atomic E-state index is 13.9. The fourth-order valence-electron chi connectivity index (χ4n) is 2.41.